The number of unbranched alkanes of at least 4 members (excludes halogenated alkanes) is 11. The average molecular weight is 745 g/mol. The Morgan fingerprint density at radius 1 is 0.538 bits per heavy atom. The van der Waals surface area contributed by atoms with Crippen molar-refractivity contribution in [2.45, 2.75) is 141 Å². The summed E-state index contributed by atoms with van der Waals surface area (Å²) in [6.45, 7) is 13.4. The Morgan fingerprint density at radius 2 is 0.846 bits per heavy atom. The van der Waals surface area contributed by atoms with Crippen LogP contribution >= 0.6 is 7.26 Å². The van der Waals surface area contributed by atoms with Crippen molar-refractivity contribution in [1.29, 1.82) is 0 Å². The second-order valence-corrected chi connectivity index (χ2v) is 21.2. The van der Waals surface area contributed by atoms with Crippen molar-refractivity contribution < 1.29 is 18.1 Å². The van der Waals surface area contributed by atoms with Gasteiger partial charge in [0, 0.05) is 11.1 Å². The molecule has 4 aromatic carbocycles. The van der Waals surface area contributed by atoms with E-state index < -0.39 is 28.2 Å². The first-order chi connectivity index (χ1) is 24.6. The van der Waals surface area contributed by atoms with Crippen molar-refractivity contribution in [2.75, 3.05) is 6.16 Å². The largest absolute Gasteiger partial charge is 0.744 e. The van der Waals surface area contributed by atoms with Gasteiger partial charge in [0.25, 0.3) is 0 Å². The van der Waals surface area contributed by atoms with Gasteiger partial charge in [0.1, 0.15) is 39.0 Å². The van der Waals surface area contributed by atoms with E-state index >= 15 is 0 Å². The van der Waals surface area contributed by atoms with Gasteiger partial charge in [-0.3, -0.25) is 0 Å². The molecule has 4 nitrogen and oxygen atoms in total. The van der Waals surface area contributed by atoms with Gasteiger partial charge in [-0.25, -0.2) is 8.42 Å². The topological polar surface area (TPSA) is 77.4 Å². The van der Waals surface area contributed by atoms with Crippen LogP contribution in [0, 0.1) is 0 Å². The molecule has 284 valence electrons. The number of hydrogen-bond donors (Lipinski definition) is 1. The predicted octanol–water partition coefficient (Wildman–Crippen LogP) is 11.6. The Labute approximate surface area is 317 Å². The fourth-order valence-corrected chi connectivity index (χ4v) is 11.9. The number of phenols is 1. The lowest BCUT2D eigenvalue weighted by Crippen LogP contribution is -2.33. The Morgan fingerprint density at radius 3 is 1.13 bits per heavy atom. The van der Waals surface area contributed by atoms with Gasteiger partial charge in [0.15, 0.2) is 0 Å². The lowest BCUT2D eigenvalue weighted by molar-refractivity contribution is 0.420. The normalized spacial score (nSPS) is 12.3. The number of aromatic hydroxyl groups is 1. The quantitative estimate of drug-likeness (QED) is 0.0663. The summed E-state index contributed by atoms with van der Waals surface area (Å²) in [5.41, 5.74) is 0.0268. The third-order valence-corrected chi connectivity index (χ3v) is 15.3. The van der Waals surface area contributed by atoms with Crippen molar-refractivity contribution >= 4 is 33.3 Å². The monoisotopic (exact) mass is 744 g/mol. The van der Waals surface area contributed by atoms with E-state index in [-0.39, 0.29) is 10.6 Å². The van der Waals surface area contributed by atoms with Gasteiger partial charge >= 0.3 is 0 Å². The Bertz CT molecular complexity index is 1580. The molecule has 0 bridgehead atoms. The molecule has 0 unspecified atom stereocenters. The molecular formula is C46H65O4PS. The molecular weight excluding hydrogens is 680 g/mol. The molecule has 4 rings (SSSR count). The van der Waals surface area contributed by atoms with Crippen LogP contribution in [-0.2, 0) is 20.9 Å². The molecule has 6 heteroatoms. The summed E-state index contributed by atoms with van der Waals surface area (Å²) in [6.07, 6.45) is 18.1. The number of phenolic OH excluding ortho intramolecular Hbond substituents is 1. The summed E-state index contributed by atoms with van der Waals surface area (Å²) in [5, 5.41) is 14.9. The van der Waals surface area contributed by atoms with E-state index in [4.69, 9.17) is 0 Å². The van der Waals surface area contributed by atoms with Crippen molar-refractivity contribution in [3.05, 3.63) is 114 Å². The molecule has 0 aromatic heterocycles. The molecule has 0 atom stereocenters. The molecule has 0 aliphatic carbocycles. The van der Waals surface area contributed by atoms with Crippen molar-refractivity contribution in [2.24, 2.45) is 0 Å². The lowest BCUT2D eigenvalue weighted by atomic mass is 9.79. The van der Waals surface area contributed by atoms with E-state index in [1.807, 2.05) is 41.5 Å². The Balaban J connectivity index is 0.000000326. The first-order valence-corrected chi connectivity index (χ1v) is 22.9. The van der Waals surface area contributed by atoms with E-state index in [1.54, 1.807) is 0 Å². The molecule has 4 aromatic rings. The lowest BCUT2D eigenvalue weighted by Gasteiger charge is -2.28. The maximum absolute atomic E-state index is 11.3. The highest BCUT2D eigenvalue weighted by Gasteiger charge is 2.44. The van der Waals surface area contributed by atoms with Crippen molar-refractivity contribution in [1.82, 2.24) is 0 Å². The Kier molecular flexibility index (Phi) is 17.1. The smallest absolute Gasteiger partial charge is 0.124 e. The zero-order valence-electron chi connectivity index (χ0n) is 33.0. The second-order valence-electron chi connectivity index (χ2n) is 16.3. The van der Waals surface area contributed by atoms with Gasteiger partial charge in [-0.2, -0.15) is 0 Å². The molecule has 0 fully saturated rings. The van der Waals surface area contributed by atoms with Crippen LogP contribution in [0.15, 0.2) is 108 Å². The van der Waals surface area contributed by atoms with Gasteiger partial charge < -0.3 is 9.66 Å². The van der Waals surface area contributed by atoms with Gasteiger partial charge in [-0.05, 0) is 72.2 Å². The summed E-state index contributed by atoms with van der Waals surface area (Å²) >= 11 is 0. The molecule has 0 spiro atoms. The van der Waals surface area contributed by atoms with E-state index in [1.165, 1.54) is 111 Å². The van der Waals surface area contributed by atoms with Crippen LogP contribution in [0.3, 0.4) is 0 Å². The molecule has 0 amide bonds. The fourth-order valence-electron chi connectivity index (χ4n) is 6.97. The molecule has 0 radical (unpaired) electrons. The second kappa shape index (κ2) is 20.5. The minimum Gasteiger partial charge on any atom is -0.744 e. The third-order valence-electron chi connectivity index (χ3n) is 9.93. The molecule has 0 aliphatic heterocycles. The minimum absolute atomic E-state index is 0.0624. The summed E-state index contributed by atoms with van der Waals surface area (Å²) in [4.78, 5) is -0.292. The SMILES string of the molecule is CC(C)(C)c1cc(S(=O)(=O)[O-])cc(C(C)(C)C)c1O.CCCCCCCCCCCCCC[P+](c1ccccc1)(c1ccccc1)c1ccccc1. The zero-order chi connectivity index (χ0) is 38.3. The molecule has 0 heterocycles. The minimum atomic E-state index is -4.55. The third kappa shape index (κ3) is 12.9. The summed E-state index contributed by atoms with van der Waals surface area (Å²) in [6, 6.07) is 36.5. The molecule has 0 saturated heterocycles. The molecule has 0 saturated carbocycles. The molecule has 52 heavy (non-hydrogen) atoms. The average Bonchev–Trinajstić information content (AvgIpc) is 3.10. The number of benzene rings is 4. The van der Waals surface area contributed by atoms with Crippen LogP contribution in [0.1, 0.15) is 137 Å². The number of rotatable bonds is 17. The van der Waals surface area contributed by atoms with Gasteiger partial charge in [0.05, 0.1) is 11.1 Å². The highest BCUT2D eigenvalue weighted by Crippen LogP contribution is 2.56. The highest BCUT2D eigenvalue weighted by molar-refractivity contribution is 7.95. The van der Waals surface area contributed by atoms with E-state index in [9.17, 15) is 18.1 Å². The van der Waals surface area contributed by atoms with Crippen LogP contribution < -0.4 is 15.9 Å². The predicted molar refractivity (Wildman–Crippen MR) is 225 cm³/mol. The highest BCUT2D eigenvalue weighted by atomic mass is 32.2. The molecule has 0 aliphatic rings. The maximum atomic E-state index is 11.3. The van der Waals surface area contributed by atoms with Gasteiger partial charge in [-0.15, -0.1) is 0 Å². The summed E-state index contributed by atoms with van der Waals surface area (Å²) in [7, 11) is -6.18. The van der Waals surface area contributed by atoms with Crippen LogP contribution in [-0.4, -0.2) is 24.2 Å². The number of hydrogen-bond acceptors (Lipinski definition) is 4. The van der Waals surface area contributed by atoms with E-state index in [0.29, 0.717) is 11.1 Å². The van der Waals surface area contributed by atoms with Crippen LogP contribution in [0.25, 0.3) is 0 Å². The Hall–Kier alpha value is -2.98. The van der Waals surface area contributed by atoms with Gasteiger partial charge in [-0.1, -0.05) is 167 Å². The van der Waals surface area contributed by atoms with Crippen molar-refractivity contribution in [3.63, 3.8) is 0 Å². The van der Waals surface area contributed by atoms with E-state index in [2.05, 4.69) is 97.9 Å². The first-order valence-electron chi connectivity index (χ1n) is 19.5. The van der Waals surface area contributed by atoms with Crippen LogP contribution in [0.4, 0.5) is 0 Å². The van der Waals surface area contributed by atoms with Crippen LogP contribution in [0.2, 0.25) is 0 Å². The van der Waals surface area contributed by atoms with E-state index in [0.717, 1.165) is 0 Å². The van der Waals surface area contributed by atoms with Gasteiger partial charge in [0.2, 0.25) is 0 Å². The first kappa shape index (κ1) is 43.4. The zero-order valence-corrected chi connectivity index (χ0v) is 34.7. The van der Waals surface area contributed by atoms with Crippen LogP contribution in [0.5, 0.6) is 5.75 Å². The maximum Gasteiger partial charge on any atom is 0.124 e. The summed E-state index contributed by atoms with van der Waals surface area (Å²) < 4.78 is 33.8. The fraction of sp³-hybridized carbons (Fsp3) is 0.478. The standard InChI is InChI=1S/C32H44P.C14H22O4S/c1-2-3-4-5-6-7-8-9-10-11-12-22-29-33(30-23-16-13-17-24-30,31-25-18-14-19-26-31)32-27-20-15-21-28-32;1-13(2,3)10-7-9(19(16,17)18)8-11(12(10)15)14(4,5)6/h13-21,23-28H,2-12,22,29H2,1H3;7-8,15H,1-6H3,(H,16,17,18)/q+1;/p-1. The van der Waals surface area contributed by atoms with Crippen molar-refractivity contribution in [3.8, 4) is 5.75 Å². The molecule has 1 N–H and O–H groups in total. The summed E-state index contributed by atoms with van der Waals surface area (Å²) in [5.74, 6) is 0.0624.